The number of hydrogen-bond donors (Lipinski definition) is 1. The van der Waals surface area contributed by atoms with Gasteiger partial charge in [0.05, 0.1) is 0 Å². The van der Waals surface area contributed by atoms with Crippen LogP contribution in [0.5, 0.6) is 0 Å². The van der Waals surface area contributed by atoms with E-state index in [4.69, 9.17) is 4.74 Å². The lowest BCUT2D eigenvalue weighted by Crippen LogP contribution is -2.48. The third kappa shape index (κ3) is 2.88. The average molecular weight is 351 g/mol. The third-order valence-electron chi connectivity index (χ3n) is 5.95. The first-order valence-corrected chi connectivity index (χ1v) is 9.43. The second kappa shape index (κ2) is 7.12. The van der Waals surface area contributed by atoms with E-state index in [2.05, 4.69) is 36.4 Å². The Morgan fingerprint density at radius 1 is 1.12 bits per heavy atom. The summed E-state index contributed by atoms with van der Waals surface area (Å²) in [5.41, 5.74) is 4.91. The zero-order chi connectivity index (χ0) is 18.1. The summed E-state index contributed by atoms with van der Waals surface area (Å²) in [4.78, 5) is 14.4. The van der Waals surface area contributed by atoms with E-state index < -0.39 is 0 Å². The minimum absolute atomic E-state index is 0.0180. The largest absolute Gasteiger partial charge is 0.448 e. The van der Waals surface area contributed by atoms with Crippen molar-refractivity contribution < 1.29 is 14.6 Å². The van der Waals surface area contributed by atoms with Crippen molar-refractivity contribution in [3.8, 4) is 11.1 Å². The molecule has 0 aromatic heterocycles. The molecule has 4 nitrogen and oxygen atoms in total. The molecule has 0 bridgehead atoms. The molecule has 2 aliphatic rings. The summed E-state index contributed by atoms with van der Waals surface area (Å²) in [7, 11) is 0. The van der Waals surface area contributed by atoms with E-state index in [9.17, 15) is 9.90 Å². The van der Waals surface area contributed by atoms with Gasteiger partial charge in [-0.1, -0.05) is 48.5 Å². The van der Waals surface area contributed by atoms with Crippen LogP contribution in [0.15, 0.2) is 48.5 Å². The fourth-order valence-electron chi connectivity index (χ4n) is 4.40. The number of likely N-dealkylation sites (tertiary alicyclic amines) is 1. The topological polar surface area (TPSA) is 49.8 Å². The zero-order valence-corrected chi connectivity index (χ0v) is 15.1. The van der Waals surface area contributed by atoms with Crippen LogP contribution in [0, 0.1) is 5.92 Å². The monoisotopic (exact) mass is 351 g/mol. The number of hydrogen-bond acceptors (Lipinski definition) is 3. The second-order valence-corrected chi connectivity index (χ2v) is 7.32. The smallest absolute Gasteiger partial charge is 0.410 e. The Balaban J connectivity index is 1.50. The van der Waals surface area contributed by atoms with Gasteiger partial charge in [-0.05, 0) is 42.0 Å². The second-order valence-electron chi connectivity index (χ2n) is 7.32. The molecular weight excluding hydrogens is 326 g/mol. The first-order chi connectivity index (χ1) is 12.7. The molecule has 1 saturated heterocycles. The van der Waals surface area contributed by atoms with Crippen LogP contribution < -0.4 is 0 Å². The average Bonchev–Trinajstić information content (AvgIpc) is 3.00. The van der Waals surface area contributed by atoms with Crippen LogP contribution in [0.1, 0.15) is 36.8 Å². The summed E-state index contributed by atoms with van der Waals surface area (Å²) in [5.74, 6) is 0.226. The normalized spacial score (nSPS) is 22.0. The summed E-state index contributed by atoms with van der Waals surface area (Å²) in [6.45, 7) is 3.17. The first-order valence-electron chi connectivity index (χ1n) is 9.43. The van der Waals surface area contributed by atoms with Gasteiger partial charge < -0.3 is 14.7 Å². The summed E-state index contributed by atoms with van der Waals surface area (Å²) >= 11 is 0. The first kappa shape index (κ1) is 17.1. The minimum Gasteiger partial charge on any atom is -0.448 e. The minimum atomic E-state index is -0.266. The maximum Gasteiger partial charge on any atom is 0.410 e. The van der Waals surface area contributed by atoms with Gasteiger partial charge in [0.25, 0.3) is 0 Å². The number of benzene rings is 2. The molecule has 1 amide bonds. The predicted octanol–water partition coefficient (Wildman–Crippen LogP) is 4.03. The van der Waals surface area contributed by atoms with E-state index in [0.29, 0.717) is 13.2 Å². The van der Waals surface area contributed by atoms with E-state index in [-0.39, 0.29) is 30.6 Å². The standard InChI is InChI=1S/C22H25NO3/c1-15-16(13-24)7-6-12-23(15)22(25)26-14-21-19-10-4-2-8-17(19)18-9-3-5-11-20(18)21/h2-5,8-11,15-16,21,24H,6-7,12-14H2,1H3. The van der Waals surface area contributed by atoms with E-state index in [1.165, 1.54) is 22.3 Å². The number of fused-ring (bicyclic) bond motifs is 3. The van der Waals surface area contributed by atoms with Gasteiger partial charge in [-0.3, -0.25) is 0 Å². The Bertz CT molecular complexity index is 758. The Hall–Kier alpha value is -2.33. The zero-order valence-electron chi connectivity index (χ0n) is 15.1. The molecule has 0 radical (unpaired) electrons. The predicted molar refractivity (Wildman–Crippen MR) is 101 cm³/mol. The molecule has 1 aliphatic carbocycles. The number of rotatable bonds is 3. The molecule has 26 heavy (non-hydrogen) atoms. The van der Waals surface area contributed by atoms with E-state index in [1.54, 1.807) is 4.90 Å². The quantitative estimate of drug-likeness (QED) is 0.908. The summed E-state index contributed by atoms with van der Waals surface area (Å²) < 4.78 is 5.75. The van der Waals surface area contributed by atoms with E-state index in [0.717, 1.165) is 12.8 Å². The SMILES string of the molecule is CC1C(CO)CCCN1C(=O)OCC1c2ccccc2-c2ccccc21. The van der Waals surface area contributed by atoms with Gasteiger partial charge in [-0.25, -0.2) is 4.79 Å². The molecule has 1 fully saturated rings. The molecule has 2 unspecified atom stereocenters. The number of carbonyl (C=O) groups is 1. The highest BCUT2D eigenvalue weighted by molar-refractivity contribution is 5.79. The molecule has 2 atom stereocenters. The molecule has 4 heteroatoms. The Kier molecular flexibility index (Phi) is 4.68. The van der Waals surface area contributed by atoms with Gasteiger partial charge in [0.15, 0.2) is 0 Å². The number of carbonyl (C=O) groups excluding carboxylic acids is 1. The lowest BCUT2D eigenvalue weighted by Gasteiger charge is -2.38. The van der Waals surface area contributed by atoms with Crippen LogP contribution in [-0.2, 0) is 4.74 Å². The lowest BCUT2D eigenvalue weighted by molar-refractivity contribution is 0.0416. The van der Waals surface area contributed by atoms with Crippen molar-refractivity contribution in [2.24, 2.45) is 5.92 Å². The maximum atomic E-state index is 12.7. The Morgan fingerprint density at radius 2 is 1.73 bits per heavy atom. The number of amides is 1. The Labute approximate surface area is 154 Å². The molecule has 0 spiro atoms. The van der Waals surface area contributed by atoms with E-state index in [1.807, 2.05) is 19.1 Å². The molecule has 1 N–H and O–H groups in total. The van der Waals surface area contributed by atoms with Crippen molar-refractivity contribution in [3.63, 3.8) is 0 Å². The van der Waals surface area contributed by atoms with Crippen LogP contribution in [-0.4, -0.2) is 41.9 Å². The van der Waals surface area contributed by atoms with Crippen molar-refractivity contribution in [1.82, 2.24) is 4.90 Å². The van der Waals surface area contributed by atoms with Crippen molar-refractivity contribution in [3.05, 3.63) is 59.7 Å². The fraction of sp³-hybridized carbons (Fsp3) is 0.409. The van der Waals surface area contributed by atoms with Crippen molar-refractivity contribution in [2.45, 2.75) is 31.7 Å². The number of aliphatic hydroxyl groups is 1. The van der Waals surface area contributed by atoms with Crippen LogP contribution in [0.3, 0.4) is 0 Å². The summed E-state index contributed by atoms with van der Waals surface area (Å²) in [6, 6.07) is 16.7. The lowest BCUT2D eigenvalue weighted by atomic mass is 9.91. The van der Waals surface area contributed by atoms with Gasteiger partial charge in [-0.15, -0.1) is 0 Å². The highest BCUT2D eigenvalue weighted by Gasteiger charge is 2.33. The van der Waals surface area contributed by atoms with Crippen LogP contribution in [0.25, 0.3) is 11.1 Å². The van der Waals surface area contributed by atoms with Crippen molar-refractivity contribution in [1.29, 1.82) is 0 Å². The molecule has 136 valence electrons. The van der Waals surface area contributed by atoms with Gasteiger partial charge >= 0.3 is 6.09 Å². The van der Waals surface area contributed by atoms with Crippen LogP contribution >= 0.6 is 0 Å². The van der Waals surface area contributed by atoms with Crippen LogP contribution in [0.4, 0.5) is 4.79 Å². The number of ether oxygens (including phenoxy) is 1. The van der Waals surface area contributed by atoms with Gasteiger partial charge in [0.2, 0.25) is 0 Å². The maximum absolute atomic E-state index is 12.7. The number of aliphatic hydroxyl groups excluding tert-OH is 1. The molecular formula is C22H25NO3. The highest BCUT2D eigenvalue weighted by atomic mass is 16.6. The highest BCUT2D eigenvalue weighted by Crippen LogP contribution is 2.44. The molecule has 2 aromatic rings. The molecule has 1 heterocycles. The number of piperidine rings is 1. The van der Waals surface area contributed by atoms with Gasteiger partial charge in [0, 0.05) is 31.0 Å². The molecule has 1 aliphatic heterocycles. The molecule has 2 aromatic carbocycles. The summed E-state index contributed by atoms with van der Waals surface area (Å²) in [5, 5.41) is 9.50. The third-order valence-corrected chi connectivity index (χ3v) is 5.95. The van der Waals surface area contributed by atoms with Crippen LogP contribution in [0.2, 0.25) is 0 Å². The van der Waals surface area contributed by atoms with Gasteiger partial charge in [0.1, 0.15) is 6.61 Å². The molecule has 0 saturated carbocycles. The van der Waals surface area contributed by atoms with Crippen molar-refractivity contribution in [2.75, 3.05) is 19.8 Å². The summed E-state index contributed by atoms with van der Waals surface area (Å²) in [6.07, 6.45) is 1.61. The van der Waals surface area contributed by atoms with Crippen molar-refractivity contribution >= 4 is 6.09 Å². The molecule has 4 rings (SSSR count). The van der Waals surface area contributed by atoms with Gasteiger partial charge in [-0.2, -0.15) is 0 Å². The van der Waals surface area contributed by atoms with E-state index >= 15 is 0 Å². The Morgan fingerprint density at radius 3 is 2.35 bits per heavy atom. The fourth-order valence-corrected chi connectivity index (χ4v) is 4.40. The number of nitrogens with zero attached hydrogens (tertiary/aromatic N) is 1.